The smallest absolute Gasteiger partial charge is 0.312 e. The lowest BCUT2D eigenvalue weighted by atomic mass is 9.45. The lowest BCUT2D eigenvalue weighted by Gasteiger charge is -2.59. The van der Waals surface area contributed by atoms with Gasteiger partial charge in [0.05, 0.1) is 12.0 Å². The molecule has 0 aromatic rings. The maximum absolute atomic E-state index is 12.1. The lowest BCUT2D eigenvalue weighted by molar-refractivity contribution is -0.188. The summed E-state index contributed by atoms with van der Waals surface area (Å²) >= 11 is 0. The predicted octanol–water partition coefficient (Wildman–Crippen LogP) is 1.49. The Morgan fingerprint density at radius 3 is 2.58 bits per heavy atom. The molecular formula is C15H24O4. The predicted molar refractivity (Wildman–Crippen MR) is 69.3 cm³/mol. The number of esters is 1. The molecule has 4 nitrogen and oxygen atoms in total. The third-order valence-corrected chi connectivity index (χ3v) is 6.27. The summed E-state index contributed by atoms with van der Waals surface area (Å²) in [4.78, 5) is 12.1. The van der Waals surface area contributed by atoms with E-state index in [2.05, 4.69) is 20.8 Å². The molecule has 0 spiro atoms. The highest BCUT2D eigenvalue weighted by atomic mass is 16.6. The van der Waals surface area contributed by atoms with Crippen molar-refractivity contribution < 1.29 is 19.7 Å². The third-order valence-electron chi connectivity index (χ3n) is 6.27. The standard InChI is InChI=1S/C15H24O4/c1-13(2)9-4-7-15(18)8-19-12(17)11(15)14(9,3)6-5-10(13)16/h9-11,16,18H,4-8H2,1-3H3/t9-,10+,11+,14+,15-/m0/s1. The highest BCUT2D eigenvalue weighted by Crippen LogP contribution is 2.63. The van der Waals surface area contributed by atoms with E-state index in [9.17, 15) is 15.0 Å². The Bertz CT molecular complexity index is 418. The topological polar surface area (TPSA) is 66.8 Å². The summed E-state index contributed by atoms with van der Waals surface area (Å²) in [5.41, 5.74) is -1.46. The van der Waals surface area contributed by atoms with Crippen LogP contribution in [0.5, 0.6) is 0 Å². The number of aliphatic hydroxyl groups excluding tert-OH is 1. The molecule has 4 heteroatoms. The maximum Gasteiger partial charge on any atom is 0.312 e. The monoisotopic (exact) mass is 268 g/mol. The zero-order valence-electron chi connectivity index (χ0n) is 12.0. The van der Waals surface area contributed by atoms with Crippen molar-refractivity contribution >= 4 is 5.97 Å². The third kappa shape index (κ3) is 1.56. The first-order valence-electron chi connectivity index (χ1n) is 7.29. The van der Waals surface area contributed by atoms with Crippen molar-refractivity contribution in [2.24, 2.45) is 22.7 Å². The number of carbonyl (C=O) groups is 1. The van der Waals surface area contributed by atoms with E-state index in [4.69, 9.17) is 4.74 Å². The maximum atomic E-state index is 12.1. The second-order valence-corrected chi connectivity index (χ2v) is 7.62. The van der Waals surface area contributed by atoms with Gasteiger partial charge < -0.3 is 14.9 Å². The van der Waals surface area contributed by atoms with Crippen LogP contribution in [0.3, 0.4) is 0 Å². The molecule has 19 heavy (non-hydrogen) atoms. The fourth-order valence-electron chi connectivity index (χ4n) is 5.20. The molecule has 5 atom stereocenters. The van der Waals surface area contributed by atoms with E-state index in [0.717, 1.165) is 12.8 Å². The van der Waals surface area contributed by atoms with Crippen LogP contribution in [0.25, 0.3) is 0 Å². The minimum atomic E-state index is -0.985. The van der Waals surface area contributed by atoms with Crippen molar-refractivity contribution in [3.8, 4) is 0 Å². The van der Waals surface area contributed by atoms with Crippen LogP contribution in [-0.4, -0.2) is 34.5 Å². The number of hydrogen-bond acceptors (Lipinski definition) is 4. The Kier molecular flexibility index (Phi) is 2.63. The molecule has 3 rings (SSSR count). The zero-order valence-corrected chi connectivity index (χ0v) is 12.0. The molecule has 1 heterocycles. The Hall–Kier alpha value is -0.610. The van der Waals surface area contributed by atoms with Gasteiger partial charge in [0.1, 0.15) is 12.2 Å². The van der Waals surface area contributed by atoms with Gasteiger partial charge in [-0.05, 0) is 42.4 Å². The molecule has 0 bridgehead atoms. The second-order valence-electron chi connectivity index (χ2n) is 7.62. The Labute approximate surface area is 114 Å². The van der Waals surface area contributed by atoms with Crippen molar-refractivity contribution in [3.05, 3.63) is 0 Å². The van der Waals surface area contributed by atoms with Gasteiger partial charge in [0.15, 0.2) is 0 Å². The molecule has 1 saturated heterocycles. The largest absolute Gasteiger partial charge is 0.462 e. The van der Waals surface area contributed by atoms with Crippen molar-refractivity contribution in [2.45, 2.75) is 58.2 Å². The molecule has 0 radical (unpaired) electrons. The molecule has 2 aliphatic carbocycles. The van der Waals surface area contributed by atoms with Crippen LogP contribution in [0, 0.1) is 22.7 Å². The summed E-state index contributed by atoms with van der Waals surface area (Å²) < 4.78 is 5.16. The van der Waals surface area contributed by atoms with Crippen LogP contribution in [-0.2, 0) is 9.53 Å². The number of hydrogen-bond donors (Lipinski definition) is 2. The first-order chi connectivity index (χ1) is 8.72. The molecule has 108 valence electrons. The van der Waals surface area contributed by atoms with E-state index in [0.29, 0.717) is 12.8 Å². The molecule has 3 aliphatic rings. The average Bonchev–Trinajstić information content (AvgIpc) is 2.62. The van der Waals surface area contributed by atoms with Crippen LogP contribution in [0.1, 0.15) is 46.5 Å². The number of fused-ring (bicyclic) bond motifs is 3. The summed E-state index contributed by atoms with van der Waals surface area (Å²) in [6, 6.07) is 0. The lowest BCUT2D eigenvalue weighted by Crippen LogP contribution is -2.61. The quantitative estimate of drug-likeness (QED) is 0.653. The van der Waals surface area contributed by atoms with E-state index < -0.39 is 11.5 Å². The van der Waals surface area contributed by atoms with E-state index in [-0.39, 0.29) is 35.4 Å². The SMILES string of the molecule is CC1(C)[C@H](O)CC[C@]2(C)[C@H]1CC[C@]1(O)COC(=O)[C@@H]12. The van der Waals surface area contributed by atoms with Gasteiger partial charge in [-0.1, -0.05) is 20.8 Å². The number of aliphatic hydroxyl groups is 2. The van der Waals surface area contributed by atoms with E-state index >= 15 is 0 Å². The molecule has 2 saturated carbocycles. The zero-order chi connectivity index (χ0) is 14.1. The summed E-state index contributed by atoms with van der Waals surface area (Å²) in [5.74, 6) is -0.424. The molecule has 0 aromatic heterocycles. The first kappa shape index (κ1) is 13.4. The normalized spacial score (nSPS) is 52.3. The minimum absolute atomic E-state index is 0.141. The van der Waals surface area contributed by atoms with E-state index in [1.165, 1.54) is 0 Å². The van der Waals surface area contributed by atoms with E-state index in [1.54, 1.807) is 0 Å². The molecule has 1 aliphatic heterocycles. The van der Waals surface area contributed by atoms with Crippen LogP contribution < -0.4 is 0 Å². The molecule has 0 amide bonds. The molecule has 2 N–H and O–H groups in total. The summed E-state index contributed by atoms with van der Waals surface area (Å²) in [6.07, 6.45) is 2.60. The summed E-state index contributed by atoms with van der Waals surface area (Å²) in [6.45, 7) is 6.42. The van der Waals surface area contributed by atoms with Gasteiger partial charge in [0.25, 0.3) is 0 Å². The Morgan fingerprint density at radius 1 is 1.21 bits per heavy atom. The van der Waals surface area contributed by atoms with Crippen molar-refractivity contribution in [1.82, 2.24) is 0 Å². The second kappa shape index (κ2) is 3.73. The van der Waals surface area contributed by atoms with Crippen LogP contribution >= 0.6 is 0 Å². The summed E-state index contributed by atoms with van der Waals surface area (Å²) in [7, 11) is 0. The first-order valence-corrected chi connectivity index (χ1v) is 7.29. The van der Waals surface area contributed by atoms with Gasteiger partial charge >= 0.3 is 5.97 Å². The van der Waals surface area contributed by atoms with Crippen LogP contribution in [0.4, 0.5) is 0 Å². The van der Waals surface area contributed by atoms with Crippen molar-refractivity contribution in [2.75, 3.05) is 6.61 Å². The van der Waals surface area contributed by atoms with E-state index in [1.807, 2.05) is 0 Å². The minimum Gasteiger partial charge on any atom is -0.462 e. The van der Waals surface area contributed by atoms with Gasteiger partial charge in [-0.15, -0.1) is 0 Å². The van der Waals surface area contributed by atoms with Gasteiger partial charge in [-0.3, -0.25) is 4.79 Å². The Balaban J connectivity index is 2.04. The van der Waals surface area contributed by atoms with Crippen LogP contribution in [0.2, 0.25) is 0 Å². The molecule has 0 unspecified atom stereocenters. The average molecular weight is 268 g/mol. The summed E-state index contributed by atoms with van der Waals surface area (Å²) in [5, 5.41) is 21.0. The highest BCUT2D eigenvalue weighted by molar-refractivity contribution is 5.77. The number of carbonyl (C=O) groups excluding carboxylic acids is 1. The number of cyclic esters (lactones) is 1. The molecule has 3 fully saturated rings. The highest BCUT2D eigenvalue weighted by Gasteiger charge is 2.66. The number of ether oxygens (including phenoxy) is 1. The Morgan fingerprint density at radius 2 is 1.89 bits per heavy atom. The van der Waals surface area contributed by atoms with Crippen molar-refractivity contribution in [3.63, 3.8) is 0 Å². The van der Waals surface area contributed by atoms with Gasteiger partial charge in [0, 0.05) is 0 Å². The fraction of sp³-hybridized carbons (Fsp3) is 0.933. The van der Waals surface area contributed by atoms with Gasteiger partial charge in [0.2, 0.25) is 0 Å². The van der Waals surface area contributed by atoms with Crippen molar-refractivity contribution in [1.29, 1.82) is 0 Å². The van der Waals surface area contributed by atoms with Gasteiger partial charge in [-0.2, -0.15) is 0 Å². The van der Waals surface area contributed by atoms with Crippen LogP contribution in [0.15, 0.2) is 0 Å². The number of rotatable bonds is 0. The van der Waals surface area contributed by atoms with Gasteiger partial charge in [-0.25, -0.2) is 0 Å². The molecular weight excluding hydrogens is 244 g/mol. The fourth-order valence-corrected chi connectivity index (χ4v) is 5.20. The molecule has 0 aromatic carbocycles.